The van der Waals surface area contributed by atoms with Crippen LogP contribution in [-0.4, -0.2) is 17.1 Å². The molecular formula is C14H11BrN2O3. The van der Waals surface area contributed by atoms with Gasteiger partial charge >= 0.3 is 12.0 Å². The molecule has 0 aliphatic heterocycles. The zero-order chi connectivity index (χ0) is 14.5. The average molecular weight is 335 g/mol. The summed E-state index contributed by atoms with van der Waals surface area (Å²) >= 11 is 3.22. The standard InChI is InChI=1S/C14H11BrN2O3/c15-11-8-9(13(18)19)6-7-12(11)17-14(20)16-10-4-2-1-3-5-10/h1-8H,(H,18,19)(H2,16,17,20). The Morgan fingerprint density at radius 1 is 1.00 bits per heavy atom. The summed E-state index contributed by atoms with van der Waals surface area (Å²) in [5.41, 5.74) is 1.30. The van der Waals surface area contributed by atoms with Gasteiger partial charge in [0, 0.05) is 10.2 Å². The van der Waals surface area contributed by atoms with Gasteiger partial charge in [-0.1, -0.05) is 18.2 Å². The Labute approximate surface area is 123 Å². The third kappa shape index (κ3) is 3.58. The topological polar surface area (TPSA) is 78.4 Å². The Balaban J connectivity index is 2.06. The maximum atomic E-state index is 11.8. The molecule has 2 amide bonds. The van der Waals surface area contributed by atoms with Gasteiger partial charge in [0.05, 0.1) is 11.3 Å². The largest absolute Gasteiger partial charge is 0.478 e. The van der Waals surface area contributed by atoms with Crippen molar-refractivity contribution in [2.75, 3.05) is 10.6 Å². The molecule has 0 heterocycles. The zero-order valence-corrected chi connectivity index (χ0v) is 11.8. The first-order valence-electron chi connectivity index (χ1n) is 5.72. The summed E-state index contributed by atoms with van der Waals surface area (Å²) in [5.74, 6) is -1.02. The highest BCUT2D eigenvalue weighted by atomic mass is 79.9. The van der Waals surface area contributed by atoms with E-state index < -0.39 is 12.0 Å². The molecule has 0 aromatic heterocycles. The van der Waals surface area contributed by atoms with Crippen LogP contribution in [0.1, 0.15) is 10.4 Å². The molecule has 2 rings (SSSR count). The summed E-state index contributed by atoms with van der Waals surface area (Å²) in [7, 11) is 0. The van der Waals surface area contributed by atoms with Gasteiger partial charge in [-0.25, -0.2) is 9.59 Å². The number of rotatable bonds is 3. The molecule has 2 aromatic carbocycles. The number of halogens is 1. The monoisotopic (exact) mass is 334 g/mol. The number of aromatic carboxylic acids is 1. The Hall–Kier alpha value is -2.34. The van der Waals surface area contributed by atoms with Crippen LogP contribution in [0.15, 0.2) is 53.0 Å². The first-order valence-corrected chi connectivity index (χ1v) is 6.51. The van der Waals surface area contributed by atoms with Gasteiger partial charge in [0.25, 0.3) is 0 Å². The third-order valence-electron chi connectivity index (χ3n) is 2.50. The summed E-state index contributed by atoms with van der Waals surface area (Å²) < 4.78 is 0.501. The van der Waals surface area contributed by atoms with Crippen LogP contribution in [-0.2, 0) is 0 Å². The maximum absolute atomic E-state index is 11.8. The van der Waals surface area contributed by atoms with Gasteiger partial charge < -0.3 is 15.7 Å². The number of carbonyl (C=O) groups is 2. The molecule has 20 heavy (non-hydrogen) atoms. The maximum Gasteiger partial charge on any atom is 0.335 e. The van der Waals surface area contributed by atoms with Gasteiger partial charge in [-0.3, -0.25) is 0 Å². The number of amides is 2. The molecule has 0 aliphatic carbocycles. The lowest BCUT2D eigenvalue weighted by Gasteiger charge is -2.09. The van der Waals surface area contributed by atoms with Crippen LogP contribution in [0.5, 0.6) is 0 Å². The lowest BCUT2D eigenvalue weighted by atomic mass is 10.2. The fraction of sp³-hybridized carbons (Fsp3) is 0. The van der Waals surface area contributed by atoms with Crippen molar-refractivity contribution in [3.8, 4) is 0 Å². The highest BCUT2D eigenvalue weighted by Crippen LogP contribution is 2.24. The molecule has 2 aromatic rings. The molecule has 102 valence electrons. The lowest BCUT2D eigenvalue weighted by Crippen LogP contribution is -2.19. The number of anilines is 2. The van der Waals surface area contributed by atoms with E-state index in [0.29, 0.717) is 15.8 Å². The Morgan fingerprint density at radius 3 is 2.30 bits per heavy atom. The van der Waals surface area contributed by atoms with Crippen LogP contribution in [0.2, 0.25) is 0 Å². The van der Waals surface area contributed by atoms with Gasteiger partial charge in [-0.2, -0.15) is 0 Å². The molecule has 6 heteroatoms. The van der Waals surface area contributed by atoms with E-state index >= 15 is 0 Å². The van der Waals surface area contributed by atoms with E-state index in [2.05, 4.69) is 26.6 Å². The number of carbonyl (C=O) groups excluding carboxylic acids is 1. The van der Waals surface area contributed by atoms with Crippen LogP contribution in [0.3, 0.4) is 0 Å². The van der Waals surface area contributed by atoms with Crippen molar-refractivity contribution >= 4 is 39.3 Å². The zero-order valence-electron chi connectivity index (χ0n) is 10.3. The van der Waals surface area contributed by atoms with Crippen molar-refractivity contribution in [1.29, 1.82) is 0 Å². The first-order chi connectivity index (χ1) is 9.56. The number of nitrogens with one attached hydrogen (secondary N) is 2. The van der Waals surface area contributed by atoms with E-state index in [1.807, 2.05) is 18.2 Å². The quantitative estimate of drug-likeness (QED) is 0.798. The van der Waals surface area contributed by atoms with Crippen LogP contribution >= 0.6 is 15.9 Å². The van der Waals surface area contributed by atoms with Crippen LogP contribution in [0, 0.1) is 0 Å². The highest BCUT2D eigenvalue weighted by molar-refractivity contribution is 9.10. The predicted octanol–water partition coefficient (Wildman–Crippen LogP) is 3.79. The van der Waals surface area contributed by atoms with E-state index in [1.165, 1.54) is 18.2 Å². The van der Waals surface area contributed by atoms with E-state index in [-0.39, 0.29) is 5.56 Å². The SMILES string of the molecule is O=C(Nc1ccccc1)Nc1ccc(C(=O)O)cc1Br. The molecule has 3 N–H and O–H groups in total. The molecule has 0 unspecified atom stereocenters. The minimum Gasteiger partial charge on any atom is -0.478 e. The first kappa shape index (κ1) is 14.1. The number of carboxylic acids is 1. The molecule has 0 spiro atoms. The fourth-order valence-electron chi connectivity index (χ4n) is 1.56. The Morgan fingerprint density at radius 2 is 1.70 bits per heavy atom. The van der Waals surface area contributed by atoms with Crippen LogP contribution in [0.4, 0.5) is 16.2 Å². The molecule has 0 saturated heterocycles. The number of hydrogen-bond donors (Lipinski definition) is 3. The van der Waals surface area contributed by atoms with Crippen molar-refractivity contribution in [2.45, 2.75) is 0 Å². The summed E-state index contributed by atoms with van der Waals surface area (Å²) in [6, 6.07) is 13.0. The summed E-state index contributed by atoms with van der Waals surface area (Å²) in [6.45, 7) is 0. The van der Waals surface area contributed by atoms with Gasteiger partial charge in [0.2, 0.25) is 0 Å². The fourth-order valence-corrected chi connectivity index (χ4v) is 2.03. The number of urea groups is 1. The second kappa shape index (κ2) is 6.21. The summed E-state index contributed by atoms with van der Waals surface area (Å²) in [5, 5.41) is 14.2. The van der Waals surface area contributed by atoms with Gasteiger partial charge in [0.1, 0.15) is 0 Å². The van der Waals surface area contributed by atoms with Gasteiger partial charge in [-0.15, -0.1) is 0 Å². The number of benzene rings is 2. The van der Waals surface area contributed by atoms with E-state index in [4.69, 9.17) is 5.11 Å². The Bertz CT molecular complexity index is 644. The summed E-state index contributed by atoms with van der Waals surface area (Å²) in [6.07, 6.45) is 0. The van der Waals surface area contributed by atoms with Crippen LogP contribution < -0.4 is 10.6 Å². The molecule has 0 radical (unpaired) electrons. The van der Waals surface area contributed by atoms with E-state index in [9.17, 15) is 9.59 Å². The van der Waals surface area contributed by atoms with Crippen molar-refractivity contribution in [3.05, 3.63) is 58.6 Å². The predicted molar refractivity (Wildman–Crippen MR) is 80.2 cm³/mol. The van der Waals surface area contributed by atoms with Gasteiger partial charge in [-0.05, 0) is 46.3 Å². The highest BCUT2D eigenvalue weighted by Gasteiger charge is 2.09. The third-order valence-corrected chi connectivity index (χ3v) is 3.15. The summed E-state index contributed by atoms with van der Waals surface area (Å²) in [4.78, 5) is 22.6. The van der Waals surface area contributed by atoms with Crippen molar-refractivity contribution in [3.63, 3.8) is 0 Å². The average Bonchev–Trinajstić information content (AvgIpc) is 2.42. The number of hydrogen-bond acceptors (Lipinski definition) is 2. The Kier molecular flexibility index (Phi) is 4.37. The second-order valence-electron chi connectivity index (χ2n) is 3.94. The molecule has 0 aliphatic rings. The molecular weight excluding hydrogens is 324 g/mol. The normalized spacial score (nSPS) is 9.85. The van der Waals surface area contributed by atoms with E-state index in [1.54, 1.807) is 12.1 Å². The molecule has 5 nitrogen and oxygen atoms in total. The van der Waals surface area contributed by atoms with Crippen LogP contribution in [0.25, 0.3) is 0 Å². The second-order valence-corrected chi connectivity index (χ2v) is 4.80. The minimum atomic E-state index is -1.02. The van der Waals surface area contributed by atoms with E-state index in [0.717, 1.165) is 0 Å². The lowest BCUT2D eigenvalue weighted by molar-refractivity contribution is 0.0697. The molecule has 0 atom stereocenters. The van der Waals surface area contributed by atoms with Crippen molar-refractivity contribution < 1.29 is 14.7 Å². The molecule has 0 fully saturated rings. The van der Waals surface area contributed by atoms with Crippen molar-refractivity contribution in [1.82, 2.24) is 0 Å². The smallest absolute Gasteiger partial charge is 0.335 e. The molecule has 0 saturated carbocycles. The molecule has 0 bridgehead atoms. The minimum absolute atomic E-state index is 0.144. The van der Waals surface area contributed by atoms with Crippen molar-refractivity contribution in [2.24, 2.45) is 0 Å². The number of para-hydroxylation sites is 1. The van der Waals surface area contributed by atoms with Gasteiger partial charge in [0.15, 0.2) is 0 Å². The number of carboxylic acid groups (broad SMARTS) is 1.